The fraction of sp³-hybridized carbons (Fsp3) is 0.278. The van der Waals surface area contributed by atoms with Crippen molar-refractivity contribution in [3.8, 4) is 5.75 Å². The summed E-state index contributed by atoms with van der Waals surface area (Å²) in [6, 6.07) is 10.8. The van der Waals surface area contributed by atoms with Gasteiger partial charge in [-0.3, -0.25) is 4.79 Å². The Kier molecular flexibility index (Phi) is 6.26. The van der Waals surface area contributed by atoms with Crippen molar-refractivity contribution in [1.29, 1.82) is 0 Å². The van der Waals surface area contributed by atoms with Crippen molar-refractivity contribution in [3.63, 3.8) is 0 Å². The van der Waals surface area contributed by atoms with Gasteiger partial charge in [-0.25, -0.2) is 8.78 Å². The molecule has 0 aliphatic heterocycles. The van der Waals surface area contributed by atoms with E-state index in [2.05, 4.69) is 5.32 Å². The largest absolute Gasteiger partial charge is 0.496 e. The van der Waals surface area contributed by atoms with Crippen LogP contribution in [0.25, 0.3) is 0 Å². The summed E-state index contributed by atoms with van der Waals surface area (Å²) in [5.41, 5.74) is 0.715. The number of ether oxygens (including phenoxy) is 1. The highest BCUT2D eigenvalue weighted by molar-refractivity contribution is 5.76. The number of aliphatic hydroxyl groups is 1. The van der Waals surface area contributed by atoms with Gasteiger partial charge in [0.25, 0.3) is 0 Å². The quantitative estimate of drug-likeness (QED) is 0.818. The minimum atomic E-state index is -0.931. The molecule has 0 radical (unpaired) electrons. The molecule has 0 bridgehead atoms. The van der Waals surface area contributed by atoms with Crippen LogP contribution in [0.4, 0.5) is 8.78 Å². The van der Waals surface area contributed by atoms with Gasteiger partial charge in [-0.1, -0.05) is 30.3 Å². The van der Waals surface area contributed by atoms with E-state index in [4.69, 9.17) is 4.74 Å². The van der Waals surface area contributed by atoms with Crippen LogP contribution < -0.4 is 10.1 Å². The van der Waals surface area contributed by atoms with E-state index >= 15 is 0 Å². The van der Waals surface area contributed by atoms with Crippen molar-refractivity contribution >= 4 is 5.91 Å². The fourth-order valence-corrected chi connectivity index (χ4v) is 2.34. The van der Waals surface area contributed by atoms with E-state index in [0.29, 0.717) is 11.3 Å². The third kappa shape index (κ3) is 4.52. The minimum Gasteiger partial charge on any atom is -0.496 e. The van der Waals surface area contributed by atoms with Gasteiger partial charge in [-0.2, -0.15) is 0 Å². The lowest BCUT2D eigenvalue weighted by molar-refractivity contribution is -0.121. The van der Waals surface area contributed by atoms with E-state index in [-0.39, 0.29) is 30.9 Å². The monoisotopic (exact) mass is 335 g/mol. The van der Waals surface area contributed by atoms with E-state index in [1.54, 1.807) is 24.3 Å². The summed E-state index contributed by atoms with van der Waals surface area (Å²) in [7, 11) is 1.50. The number of nitrogens with one attached hydrogen (secondary N) is 1. The molecule has 2 aromatic carbocycles. The highest BCUT2D eigenvalue weighted by Crippen LogP contribution is 2.24. The van der Waals surface area contributed by atoms with Crippen LogP contribution in [-0.2, 0) is 11.2 Å². The number of aryl methyl sites for hydroxylation is 1. The van der Waals surface area contributed by atoms with Crippen LogP contribution in [0, 0.1) is 11.6 Å². The molecule has 0 heterocycles. The fourth-order valence-electron chi connectivity index (χ4n) is 2.34. The molecule has 2 aromatic rings. The zero-order valence-corrected chi connectivity index (χ0v) is 13.3. The second-order valence-corrected chi connectivity index (χ2v) is 5.27. The van der Waals surface area contributed by atoms with Crippen LogP contribution in [-0.4, -0.2) is 24.7 Å². The number of methoxy groups -OCH3 is 1. The number of hydrogen-bond acceptors (Lipinski definition) is 3. The van der Waals surface area contributed by atoms with E-state index < -0.39 is 17.7 Å². The number of carbonyl (C=O) groups is 1. The first-order chi connectivity index (χ1) is 11.5. The molecular weight excluding hydrogens is 316 g/mol. The highest BCUT2D eigenvalue weighted by atomic mass is 19.2. The first-order valence-corrected chi connectivity index (χ1v) is 7.53. The number of rotatable bonds is 7. The molecule has 0 spiro atoms. The summed E-state index contributed by atoms with van der Waals surface area (Å²) in [4.78, 5) is 11.8. The Labute approximate surface area is 139 Å². The third-order valence-corrected chi connectivity index (χ3v) is 3.64. The topological polar surface area (TPSA) is 58.6 Å². The van der Waals surface area contributed by atoms with Gasteiger partial charge in [0.1, 0.15) is 5.75 Å². The summed E-state index contributed by atoms with van der Waals surface area (Å²) in [5.74, 6) is -1.69. The predicted octanol–water partition coefficient (Wildman–Crippen LogP) is 2.76. The van der Waals surface area contributed by atoms with Crippen molar-refractivity contribution in [2.45, 2.75) is 18.9 Å². The van der Waals surface area contributed by atoms with Crippen LogP contribution in [0.5, 0.6) is 5.75 Å². The standard InChI is InChI=1S/C18H19F2NO3/c1-24-16-8-3-2-6-13(16)15(22)11-21-17(23)10-9-12-5-4-7-14(19)18(12)20/h2-8,15,22H,9-11H2,1H3,(H,21,23)/t15-/m1/s1. The number of amides is 1. The Morgan fingerprint density at radius 2 is 1.96 bits per heavy atom. The van der Waals surface area contributed by atoms with Crippen LogP contribution >= 0.6 is 0 Å². The molecule has 128 valence electrons. The number of benzene rings is 2. The number of carbonyl (C=O) groups excluding carboxylic acids is 1. The molecule has 6 heteroatoms. The summed E-state index contributed by atoms with van der Waals surface area (Å²) >= 11 is 0. The van der Waals surface area contributed by atoms with E-state index in [1.165, 1.54) is 19.2 Å². The van der Waals surface area contributed by atoms with Crippen LogP contribution in [0.2, 0.25) is 0 Å². The lowest BCUT2D eigenvalue weighted by Gasteiger charge is -2.15. The van der Waals surface area contributed by atoms with Gasteiger partial charge in [0, 0.05) is 18.5 Å². The molecular formula is C18H19F2NO3. The molecule has 2 rings (SSSR count). The second kappa shape index (κ2) is 8.40. The third-order valence-electron chi connectivity index (χ3n) is 3.64. The van der Waals surface area contributed by atoms with E-state index in [0.717, 1.165) is 6.07 Å². The first-order valence-electron chi connectivity index (χ1n) is 7.53. The van der Waals surface area contributed by atoms with Gasteiger partial charge in [0.2, 0.25) is 5.91 Å². The number of para-hydroxylation sites is 1. The van der Waals surface area contributed by atoms with E-state index in [9.17, 15) is 18.7 Å². The van der Waals surface area contributed by atoms with Crippen molar-refractivity contribution in [2.24, 2.45) is 0 Å². The Bertz CT molecular complexity index is 706. The summed E-state index contributed by atoms with van der Waals surface area (Å²) in [5, 5.41) is 12.7. The molecule has 0 saturated carbocycles. The zero-order valence-electron chi connectivity index (χ0n) is 13.3. The van der Waals surface area contributed by atoms with Gasteiger partial charge < -0.3 is 15.2 Å². The van der Waals surface area contributed by atoms with Gasteiger partial charge in [-0.05, 0) is 24.1 Å². The van der Waals surface area contributed by atoms with Gasteiger partial charge in [0.05, 0.1) is 13.2 Å². The summed E-state index contributed by atoms with van der Waals surface area (Å²) < 4.78 is 31.8. The molecule has 0 aromatic heterocycles. The van der Waals surface area contributed by atoms with Crippen LogP contribution in [0.3, 0.4) is 0 Å². The Balaban J connectivity index is 1.86. The maximum atomic E-state index is 13.5. The lowest BCUT2D eigenvalue weighted by atomic mass is 10.1. The zero-order chi connectivity index (χ0) is 17.5. The van der Waals surface area contributed by atoms with Gasteiger partial charge >= 0.3 is 0 Å². The summed E-state index contributed by atoms with van der Waals surface area (Å²) in [6.07, 6.45) is -0.838. The normalized spacial score (nSPS) is 11.8. The average Bonchev–Trinajstić information content (AvgIpc) is 2.60. The SMILES string of the molecule is COc1ccccc1[C@H](O)CNC(=O)CCc1cccc(F)c1F. The molecule has 2 N–H and O–H groups in total. The van der Waals surface area contributed by atoms with Crippen LogP contribution in [0.15, 0.2) is 42.5 Å². The predicted molar refractivity (Wildman–Crippen MR) is 85.6 cm³/mol. The molecule has 0 fully saturated rings. The molecule has 0 aliphatic carbocycles. The Morgan fingerprint density at radius 3 is 2.71 bits per heavy atom. The van der Waals surface area contributed by atoms with Crippen molar-refractivity contribution in [2.75, 3.05) is 13.7 Å². The molecule has 0 saturated heterocycles. The first kappa shape index (κ1) is 17.9. The maximum absolute atomic E-state index is 13.5. The number of halogens is 2. The maximum Gasteiger partial charge on any atom is 0.220 e. The van der Waals surface area contributed by atoms with Gasteiger partial charge in [0.15, 0.2) is 11.6 Å². The summed E-state index contributed by atoms with van der Waals surface area (Å²) in [6.45, 7) is 0.00480. The van der Waals surface area contributed by atoms with E-state index in [1.807, 2.05) is 0 Å². The molecule has 1 atom stereocenters. The Hall–Kier alpha value is -2.47. The molecule has 24 heavy (non-hydrogen) atoms. The van der Waals surface area contributed by atoms with Crippen molar-refractivity contribution < 1.29 is 23.4 Å². The lowest BCUT2D eigenvalue weighted by Crippen LogP contribution is -2.28. The highest BCUT2D eigenvalue weighted by Gasteiger charge is 2.14. The molecule has 4 nitrogen and oxygen atoms in total. The smallest absolute Gasteiger partial charge is 0.220 e. The van der Waals surface area contributed by atoms with Gasteiger partial charge in [-0.15, -0.1) is 0 Å². The number of hydrogen-bond donors (Lipinski definition) is 2. The molecule has 0 unspecified atom stereocenters. The van der Waals surface area contributed by atoms with Crippen molar-refractivity contribution in [1.82, 2.24) is 5.32 Å². The average molecular weight is 335 g/mol. The number of aliphatic hydroxyl groups excluding tert-OH is 1. The van der Waals surface area contributed by atoms with Crippen LogP contribution in [0.1, 0.15) is 23.7 Å². The minimum absolute atomic E-state index is 0.000974. The second-order valence-electron chi connectivity index (χ2n) is 5.27. The van der Waals surface area contributed by atoms with Crippen molar-refractivity contribution in [3.05, 3.63) is 65.2 Å². The Morgan fingerprint density at radius 1 is 1.21 bits per heavy atom. The molecule has 0 aliphatic rings. The molecule has 1 amide bonds.